The van der Waals surface area contributed by atoms with E-state index in [1.807, 2.05) is 4.68 Å². The van der Waals surface area contributed by atoms with Crippen LogP contribution in [0.4, 0.5) is 0 Å². The smallest absolute Gasteiger partial charge is 0.168 e. The summed E-state index contributed by atoms with van der Waals surface area (Å²) in [6.07, 6.45) is 3.52. The Morgan fingerprint density at radius 3 is 2.67 bits per heavy atom. The predicted molar refractivity (Wildman–Crippen MR) is 103 cm³/mol. The average Bonchev–Trinajstić information content (AvgIpc) is 3.38. The Morgan fingerprint density at radius 2 is 1.96 bits per heavy atom. The predicted octanol–water partition coefficient (Wildman–Crippen LogP) is 2.12. The SMILES string of the molecule is CC[C@@H](c1nnnn1C[C@H]1CCCO1)N1CCN(Cc2ccccc2)CC1. The third kappa shape index (κ3) is 4.54. The van der Waals surface area contributed by atoms with E-state index in [0.29, 0.717) is 0 Å². The van der Waals surface area contributed by atoms with Crippen LogP contribution in [-0.2, 0) is 17.8 Å². The molecule has 7 heteroatoms. The molecule has 2 fully saturated rings. The molecule has 0 spiro atoms. The lowest BCUT2D eigenvalue weighted by Gasteiger charge is -2.38. The topological polar surface area (TPSA) is 59.3 Å². The van der Waals surface area contributed by atoms with Gasteiger partial charge in [-0.3, -0.25) is 9.80 Å². The second-order valence-corrected chi connectivity index (χ2v) is 7.58. The number of benzene rings is 1. The Bertz CT molecular complexity index is 692. The van der Waals surface area contributed by atoms with E-state index >= 15 is 0 Å². The van der Waals surface area contributed by atoms with E-state index in [0.717, 1.165) is 71.0 Å². The summed E-state index contributed by atoms with van der Waals surface area (Å²) in [5, 5.41) is 12.6. The molecular weight excluding hydrogens is 340 g/mol. The van der Waals surface area contributed by atoms with Crippen molar-refractivity contribution in [1.82, 2.24) is 30.0 Å². The van der Waals surface area contributed by atoms with Crippen molar-refractivity contribution < 1.29 is 4.74 Å². The van der Waals surface area contributed by atoms with E-state index in [2.05, 4.69) is 62.6 Å². The number of rotatable bonds is 7. The van der Waals surface area contributed by atoms with Crippen molar-refractivity contribution in [3.8, 4) is 0 Å². The molecule has 3 heterocycles. The first-order valence-corrected chi connectivity index (χ1v) is 10.2. The van der Waals surface area contributed by atoms with Crippen LogP contribution >= 0.6 is 0 Å². The number of aromatic nitrogens is 4. The Morgan fingerprint density at radius 1 is 1.15 bits per heavy atom. The molecule has 2 atom stereocenters. The maximum atomic E-state index is 5.77. The molecular formula is C20H30N6O. The quantitative estimate of drug-likeness (QED) is 0.744. The molecule has 0 radical (unpaired) electrons. The highest BCUT2D eigenvalue weighted by Gasteiger charge is 2.29. The van der Waals surface area contributed by atoms with Gasteiger partial charge >= 0.3 is 0 Å². The fourth-order valence-corrected chi connectivity index (χ4v) is 4.24. The van der Waals surface area contributed by atoms with Crippen molar-refractivity contribution in [2.45, 2.75) is 51.4 Å². The summed E-state index contributed by atoms with van der Waals surface area (Å²) in [5.41, 5.74) is 1.39. The minimum Gasteiger partial charge on any atom is -0.376 e. The summed E-state index contributed by atoms with van der Waals surface area (Å²) in [4.78, 5) is 5.08. The van der Waals surface area contributed by atoms with Crippen LogP contribution in [0.1, 0.15) is 43.6 Å². The van der Waals surface area contributed by atoms with Crippen LogP contribution in [0.25, 0.3) is 0 Å². The lowest BCUT2D eigenvalue weighted by molar-refractivity contribution is 0.0752. The molecule has 2 aliphatic heterocycles. The summed E-state index contributed by atoms with van der Waals surface area (Å²) in [5.74, 6) is 0.990. The van der Waals surface area contributed by atoms with Gasteiger partial charge in [0.05, 0.1) is 18.7 Å². The van der Waals surface area contributed by atoms with Crippen LogP contribution < -0.4 is 0 Å². The molecule has 0 aliphatic carbocycles. The van der Waals surface area contributed by atoms with E-state index in [4.69, 9.17) is 4.74 Å². The van der Waals surface area contributed by atoms with Crippen LogP contribution in [0.15, 0.2) is 30.3 Å². The van der Waals surface area contributed by atoms with Crippen molar-refractivity contribution in [2.24, 2.45) is 0 Å². The van der Waals surface area contributed by atoms with Crippen molar-refractivity contribution in [1.29, 1.82) is 0 Å². The normalized spacial score (nSPS) is 22.9. The molecule has 0 N–H and O–H groups in total. The van der Waals surface area contributed by atoms with Gasteiger partial charge in [0.1, 0.15) is 0 Å². The van der Waals surface area contributed by atoms with Crippen LogP contribution in [0.5, 0.6) is 0 Å². The van der Waals surface area contributed by atoms with Gasteiger partial charge in [-0.05, 0) is 35.3 Å². The third-order valence-electron chi connectivity index (χ3n) is 5.74. The van der Waals surface area contributed by atoms with Crippen LogP contribution in [0.3, 0.4) is 0 Å². The molecule has 2 aliphatic rings. The number of ether oxygens (including phenoxy) is 1. The molecule has 0 amide bonds. The first kappa shape index (κ1) is 18.5. The highest BCUT2D eigenvalue weighted by molar-refractivity contribution is 5.14. The van der Waals surface area contributed by atoms with Gasteiger partial charge < -0.3 is 4.74 Å². The number of nitrogens with zero attached hydrogens (tertiary/aromatic N) is 6. The molecule has 146 valence electrons. The van der Waals surface area contributed by atoms with Crippen molar-refractivity contribution in [2.75, 3.05) is 32.8 Å². The summed E-state index contributed by atoms with van der Waals surface area (Å²) >= 11 is 0. The Kier molecular flexibility index (Phi) is 6.11. The fourth-order valence-electron chi connectivity index (χ4n) is 4.24. The molecule has 0 unspecified atom stereocenters. The molecule has 0 saturated carbocycles. The molecule has 27 heavy (non-hydrogen) atoms. The molecule has 2 aromatic rings. The second kappa shape index (κ2) is 8.91. The van der Waals surface area contributed by atoms with Crippen LogP contribution in [-0.4, -0.2) is 68.9 Å². The van der Waals surface area contributed by atoms with Crippen LogP contribution in [0, 0.1) is 0 Å². The van der Waals surface area contributed by atoms with E-state index < -0.39 is 0 Å². The Hall–Kier alpha value is -1.83. The van der Waals surface area contributed by atoms with Crippen molar-refractivity contribution in [3.63, 3.8) is 0 Å². The van der Waals surface area contributed by atoms with E-state index in [1.165, 1.54) is 5.56 Å². The number of piperazine rings is 1. The van der Waals surface area contributed by atoms with Gasteiger partial charge in [-0.15, -0.1) is 5.10 Å². The highest BCUT2D eigenvalue weighted by Crippen LogP contribution is 2.25. The van der Waals surface area contributed by atoms with Gasteiger partial charge in [-0.2, -0.15) is 0 Å². The molecule has 1 aromatic heterocycles. The van der Waals surface area contributed by atoms with Gasteiger partial charge in [0, 0.05) is 39.3 Å². The zero-order chi connectivity index (χ0) is 18.5. The first-order chi connectivity index (χ1) is 13.3. The summed E-state index contributed by atoms with van der Waals surface area (Å²) < 4.78 is 7.75. The fraction of sp³-hybridized carbons (Fsp3) is 0.650. The Labute approximate surface area is 161 Å². The van der Waals surface area contributed by atoms with Crippen molar-refractivity contribution >= 4 is 0 Å². The van der Waals surface area contributed by atoms with Gasteiger partial charge in [0.15, 0.2) is 5.82 Å². The minimum absolute atomic E-state index is 0.257. The zero-order valence-corrected chi connectivity index (χ0v) is 16.2. The number of tetrazole rings is 1. The second-order valence-electron chi connectivity index (χ2n) is 7.58. The average molecular weight is 371 g/mol. The monoisotopic (exact) mass is 370 g/mol. The standard InChI is InChI=1S/C20H30N6O/c1-2-19(20-21-22-23-26(20)16-18-9-6-14-27-18)25-12-10-24(11-13-25)15-17-7-4-3-5-8-17/h3-5,7-8,18-19H,2,6,9-16H2,1H3/t18-,19+/m1/s1. The minimum atomic E-state index is 0.257. The van der Waals surface area contributed by atoms with E-state index in [1.54, 1.807) is 0 Å². The van der Waals surface area contributed by atoms with E-state index in [9.17, 15) is 0 Å². The number of hydrogen-bond donors (Lipinski definition) is 0. The van der Waals surface area contributed by atoms with Crippen LogP contribution in [0.2, 0.25) is 0 Å². The van der Waals surface area contributed by atoms with Gasteiger partial charge in [0.25, 0.3) is 0 Å². The maximum Gasteiger partial charge on any atom is 0.168 e. The highest BCUT2D eigenvalue weighted by atomic mass is 16.5. The largest absolute Gasteiger partial charge is 0.376 e. The zero-order valence-electron chi connectivity index (χ0n) is 16.2. The lowest BCUT2D eigenvalue weighted by atomic mass is 10.1. The molecule has 0 bridgehead atoms. The van der Waals surface area contributed by atoms with Gasteiger partial charge in [-0.1, -0.05) is 37.3 Å². The molecule has 2 saturated heterocycles. The molecule has 1 aromatic carbocycles. The summed E-state index contributed by atoms with van der Waals surface area (Å²) in [6.45, 7) is 9.16. The first-order valence-electron chi connectivity index (χ1n) is 10.2. The van der Waals surface area contributed by atoms with Gasteiger partial charge in [-0.25, -0.2) is 4.68 Å². The third-order valence-corrected chi connectivity index (χ3v) is 5.74. The maximum absolute atomic E-state index is 5.77. The Balaban J connectivity index is 1.36. The number of hydrogen-bond acceptors (Lipinski definition) is 6. The lowest BCUT2D eigenvalue weighted by Crippen LogP contribution is -2.47. The molecule has 7 nitrogen and oxygen atoms in total. The van der Waals surface area contributed by atoms with Crippen molar-refractivity contribution in [3.05, 3.63) is 41.7 Å². The molecule has 4 rings (SSSR count). The van der Waals surface area contributed by atoms with Gasteiger partial charge in [0.2, 0.25) is 0 Å². The van der Waals surface area contributed by atoms with E-state index in [-0.39, 0.29) is 12.1 Å². The summed E-state index contributed by atoms with van der Waals surface area (Å²) in [7, 11) is 0. The summed E-state index contributed by atoms with van der Waals surface area (Å²) in [6, 6.07) is 11.0.